The number of aromatic nitrogens is 5. The topological polar surface area (TPSA) is 156 Å². The number of nitrogens with one attached hydrogen (secondary N) is 2. The van der Waals surface area contributed by atoms with E-state index in [2.05, 4.69) is 37.5 Å². The maximum absolute atomic E-state index is 13.0. The minimum Gasteiger partial charge on any atom is -0.344 e. The zero-order valence-electron chi connectivity index (χ0n) is 18.5. The van der Waals surface area contributed by atoms with Crippen molar-refractivity contribution in [2.45, 2.75) is 19.5 Å². The number of carbonyl (C=O) groups is 2. The molecule has 0 saturated carbocycles. The summed E-state index contributed by atoms with van der Waals surface area (Å²) in [5.41, 5.74) is 2.56. The highest BCUT2D eigenvalue weighted by molar-refractivity contribution is 6.31. The van der Waals surface area contributed by atoms with Gasteiger partial charge in [0.05, 0.1) is 35.3 Å². The molecule has 5 rings (SSSR count). The van der Waals surface area contributed by atoms with Gasteiger partial charge in [0.2, 0.25) is 5.91 Å². The molecule has 0 bridgehead atoms. The second kappa shape index (κ2) is 8.70. The Labute approximate surface area is 203 Å². The molecule has 0 spiro atoms. The number of H-pyrrole nitrogens is 1. The number of fused-ring (bicyclic) bond motifs is 2. The lowest BCUT2D eigenvalue weighted by molar-refractivity contribution is -0.137. The van der Waals surface area contributed by atoms with Crippen LogP contribution in [0.25, 0.3) is 33.5 Å². The van der Waals surface area contributed by atoms with E-state index in [4.69, 9.17) is 22.1 Å². The molecule has 1 saturated heterocycles. The zero-order chi connectivity index (χ0) is 24.7. The highest BCUT2D eigenvalue weighted by atomic mass is 35.5. The molecule has 0 aliphatic carbocycles. The first-order chi connectivity index (χ1) is 16.9. The van der Waals surface area contributed by atoms with Crippen LogP contribution in [-0.4, -0.2) is 60.6 Å². The molecule has 1 unspecified atom stereocenters. The summed E-state index contributed by atoms with van der Waals surface area (Å²) in [6.07, 6.45) is 3.03. The van der Waals surface area contributed by atoms with Gasteiger partial charge in [-0.1, -0.05) is 11.6 Å². The van der Waals surface area contributed by atoms with Crippen LogP contribution in [0.5, 0.6) is 0 Å². The van der Waals surface area contributed by atoms with E-state index in [1.54, 1.807) is 30.0 Å². The first-order valence-corrected chi connectivity index (χ1v) is 11.1. The number of carbonyl (C=O) groups excluding carboxylic acids is 2. The fraction of sp³-hybridized carbons (Fsp3) is 0.261. The summed E-state index contributed by atoms with van der Waals surface area (Å²) in [7, 11) is 0. The van der Waals surface area contributed by atoms with Gasteiger partial charge in [0.25, 0.3) is 5.91 Å². The van der Waals surface area contributed by atoms with Crippen LogP contribution in [0.1, 0.15) is 17.3 Å². The summed E-state index contributed by atoms with van der Waals surface area (Å²) in [5, 5.41) is 26.5. The monoisotopic (exact) mass is 487 g/mol. The molecule has 2 N–H and O–H groups in total. The first kappa shape index (κ1) is 22.3. The molecule has 1 aromatic carbocycles. The van der Waals surface area contributed by atoms with Crippen molar-refractivity contribution in [1.82, 2.24) is 34.9 Å². The van der Waals surface area contributed by atoms with Gasteiger partial charge >= 0.3 is 0 Å². The van der Waals surface area contributed by atoms with Gasteiger partial charge in [-0.25, -0.2) is 14.6 Å². The Morgan fingerprint density at radius 2 is 2.14 bits per heavy atom. The Morgan fingerprint density at radius 3 is 2.89 bits per heavy atom. The van der Waals surface area contributed by atoms with Gasteiger partial charge in [-0.15, -0.1) is 0 Å². The fourth-order valence-corrected chi connectivity index (χ4v) is 4.22. The predicted octanol–water partition coefficient (Wildman–Crippen LogP) is 2.25. The lowest BCUT2D eigenvalue weighted by Gasteiger charge is -2.37. The van der Waals surface area contributed by atoms with Gasteiger partial charge in [0.1, 0.15) is 29.5 Å². The molecular formula is C23H18ClN9O2. The Bertz CT molecular complexity index is 1570. The number of likely N-dealkylation sites (tertiary alicyclic amines) is 1. The van der Waals surface area contributed by atoms with E-state index >= 15 is 0 Å². The molecule has 11 nitrogen and oxygen atoms in total. The molecule has 0 radical (unpaired) electrons. The number of amides is 2. The predicted molar refractivity (Wildman–Crippen MR) is 126 cm³/mol. The van der Waals surface area contributed by atoms with Crippen LogP contribution in [0.4, 0.5) is 0 Å². The van der Waals surface area contributed by atoms with Crippen molar-refractivity contribution in [3.05, 3.63) is 41.2 Å². The summed E-state index contributed by atoms with van der Waals surface area (Å²) >= 11 is 6.13. The number of rotatable bonds is 5. The smallest absolute Gasteiger partial charge is 0.255 e. The number of halogens is 1. The maximum atomic E-state index is 13.0. The molecule has 1 aliphatic heterocycles. The Hall–Kier alpha value is -4.48. The van der Waals surface area contributed by atoms with Gasteiger partial charge in [-0.3, -0.25) is 9.59 Å². The van der Waals surface area contributed by atoms with E-state index in [9.17, 15) is 9.59 Å². The molecule has 4 aromatic rings. The summed E-state index contributed by atoms with van der Waals surface area (Å²) < 4.78 is 1.53. The largest absolute Gasteiger partial charge is 0.344 e. The third-order valence-electron chi connectivity index (χ3n) is 5.90. The summed E-state index contributed by atoms with van der Waals surface area (Å²) in [5.74, 6) is -0.884. The quantitative estimate of drug-likeness (QED) is 0.437. The van der Waals surface area contributed by atoms with Crippen molar-refractivity contribution >= 4 is 45.5 Å². The Balaban J connectivity index is 1.45. The molecule has 3 aromatic heterocycles. The van der Waals surface area contributed by atoms with Crippen molar-refractivity contribution in [1.29, 1.82) is 10.5 Å². The molecular weight excluding hydrogens is 470 g/mol. The summed E-state index contributed by atoms with van der Waals surface area (Å²) in [6.45, 7) is 2.37. The molecule has 1 fully saturated rings. The van der Waals surface area contributed by atoms with E-state index < -0.39 is 11.9 Å². The van der Waals surface area contributed by atoms with Gasteiger partial charge in [0, 0.05) is 29.7 Å². The SMILES string of the molecule is CC(NC(=O)c1c[nH]c2ncc(-c3nn(CC#N)c4cc(Cl)ccc34)nc12)C(=O)N1CC(C#N)C1. The van der Waals surface area contributed by atoms with Gasteiger partial charge in [-0.2, -0.15) is 15.6 Å². The number of nitriles is 2. The average molecular weight is 488 g/mol. The number of hydrogen-bond acceptors (Lipinski definition) is 7. The highest BCUT2D eigenvalue weighted by Crippen LogP contribution is 2.30. The zero-order valence-corrected chi connectivity index (χ0v) is 19.2. The molecule has 4 heterocycles. The molecule has 12 heteroatoms. The van der Waals surface area contributed by atoms with Crippen molar-refractivity contribution in [2.24, 2.45) is 5.92 Å². The van der Waals surface area contributed by atoms with Crippen LogP contribution in [0.2, 0.25) is 5.02 Å². The van der Waals surface area contributed by atoms with E-state index in [1.165, 1.54) is 17.1 Å². The molecule has 174 valence electrons. The van der Waals surface area contributed by atoms with Crippen LogP contribution in [0.3, 0.4) is 0 Å². The Kier molecular flexibility index (Phi) is 5.55. The van der Waals surface area contributed by atoms with Gasteiger partial charge in [0.15, 0.2) is 5.65 Å². The van der Waals surface area contributed by atoms with Crippen LogP contribution in [0.15, 0.2) is 30.6 Å². The van der Waals surface area contributed by atoms with E-state index in [0.717, 1.165) is 5.39 Å². The number of benzene rings is 1. The van der Waals surface area contributed by atoms with E-state index in [0.29, 0.717) is 46.2 Å². The van der Waals surface area contributed by atoms with Crippen LogP contribution in [0, 0.1) is 28.6 Å². The van der Waals surface area contributed by atoms with Crippen molar-refractivity contribution in [3.63, 3.8) is 0 Å². The third-order valence-corrected chi connectivity index (χ3v) is 6.13. The molecule has 35 heavy (non-hydrogen) atoms. The third kappa shape index (κ3) is 3.92. The van der Waals surface area contributed by atoms with Crippen molar-refractivity contribution < 1.29 is 9.59 Å². The first-order valence-electron chi connectivity index (χ1n) is 10.8. The van der Waals surface area contributed by atoms with Crippen LogP contribution in [-0.2, 0) is 11.3 Å². The molecule has 1 atom stereocenters. The second-order valence-corrected chi connectivity index (χ2v) is 8.68. The Morgan fingerprint density at radius 1 is 1.34 bits per heavy atom. The average Bonchev–Trinajstić information content (AvgIpc) is 3.39. The lowest BCUT2D eigenvalue weighted by Crippen LogP contribution is -2.55. The van der Waals surface area contributed by atoms with Crippen molar-refractivity contribution in [2.75, 3.05) is 13.1 Å². The van der Waals surface area contributed by atoms with Gasteiger partial charge in [-0.05, 0) is 25.1 Å². The van der Waals surface area contributed by atoms with E-state index in [1.807, 2.05) is 0 Å². The number of aromatic amines is 1. The lowest BCUT2D eigenvalue weighted by atomic mass is 10.0. The van der Waals surface area contributed by atoms with Crippen molar-refractivity contribution in [3.8, 4) is 23.5 Å². The number of hydrogen-bond donors (Lipinski definition) is 2. The normalized spacial score (nSPS) is 14.3. The molecule has 2 amide bonds. The summed E-state index contributed by atoms with van der Waals surface area (Å²) in [4.78, 5) is 39.0. The minimum absolute atomic E-state index is 0.0301. The van der Waals surface area contributed by atoms with Crippen LogP contribution >= 0.6 is 11.6 Å². The summed E-state index contributed by atoms with van der Waals surface area (Å²) in [6, 6.07) is 8.67. The van der Waals surface area contributed by atoms with Crippen LogP contribution < -0.4 is 5.32 Å². The maximum Gasteiger partial charge on any atom is 0.255 e. The molecule has 1 aliphatic rings. The standard InChI is InChI=1S/C23H18ClN9O2/c1-12(23(35)32-10-13(7-26)11-32)29-22(34)16-8-27-21-20(16)30-17(9-28-21)19-15-3-2-14(24)6-18(15)33(31-19)5-4-25/h2-3,6,8-9,12-13H,5,10-11H2,1H3,(H,27,28)(H,29,34). The highest BCUT2D eigenvalue weighted by Gasteiger charge is 2.33. The minimum atomic E-state index is -0.765. The van der Waals surface area contributed by atoms with E-state index in [-0.39, 0.29) is 23.9 Å². The second-order valence-electron chi connectivity index (χ2n) is 8.25. The van der Waals surface area contributed by atoms with Gasteiger partial charge < -0.3 is 15.2 Å². The fourth-order valence-electron chi connectivity index (χ4n) is 4.05. The number of nitrogens with zero attached hydrogens (tertiary/aromatic N) is 7.